The van der Waals surface area contributed by atoms with Crippen LogP contribution in [0.1, 0.15) is 12.1 Å². The predicted octanol–water partition coefficient (Wildman–Crippen LogP) is 2.12. The Morgan fingerprint density at radius 3 is 2.93 bits per heavy atom. The van der Waals surface area contributed by atoms with E-state index in [0.29, 0.717) is 28.5 Å². The molecule has 0 aliphatic heterocycles. The Morgan fingerprint density at radius 2 is 2.11 bits per heavy atom. The Kier molecular flexibility index (Phi) is 4.37. The molecule has 0 fully saturated rings. The molecule has 3 heterocycles. The minimum absolute atomic E-state index is 0.134. The Morgan fingerprint density at radius 1 is 1.22 bits per heavy atom. The first-order valence-corrected chi connectivity index (χ1v) is 8.45. The lowest BCUT2D eigenvalue weighted by atomic mass is 10.2. The molecule has 0 atom stereocenters. The van der Waals surface area contributed by atoms with E-state index in [1.54, 1.807) is 18.3 Å². The van der Waals surface area contributed by atoms with Crippen molar-refractivity contribution in [1.82, 2.24) is 24.8 Å². The number of aromatic nitrogens is 4. The van der Waals surface area contributed by atoms with Crippen molar-refractivity contribution >= 4 is 27.8 Å². The van der Waals surface area contributed by atoms with Crippen LogP contribution < -0.4 is 10.9 Å². The number of amides is 1. The maximum Gasteiger partial charge on any atom is 0.277 e. The standard InChI is InChI=1S/C19H16FN5O2/c20-12-4-5-15-14(9-12)17-18(24-15)19(27)25(11-23-17)8-6-16(26)22-10-13-3-1-2-7-21-13/h1-5,7,9,11,24H,6,8,10H2,(H,22,26). The van der Waals surface area contributed by atoms with Gasteiger partial charge in [0.15, 0.2) is 0 Å². The van der Waals surface area contributed by atoms with Crippen LogP contribution in [0.2, 0.25) is 0 Å². The van der Waals surface area contributed by atoms with Gasteiger partial charge in [0.05, 0.1) is 18.6 Å². The molecule has 0 unspecified atom stereocenters. The van der Waals surface area contributed by atoms with Crippen molar-refractivity contribution in [3.05, 3.63) is 70.8 Å². The number of benzene rings is 1. The van der Waals surface area contributed by atoms with Gasteiger partial charge in [0.1, 0.15) is 16.9 Å². The van der Waals surface area contributed by atoms with Crippen molar-refractivity contribution in [3.8, 4) is 0 Å². The molecule has 0 saturated carbocycles. The monoisotopic (exact) mass is 365 g/mol. The van der Waals surface area contributed by atoms with Gasteiger partial charge in [-0.05, 0) is 30.3 Å². The zero-order chi connectivity index (χ0) is 18.8. The molecule has 1 aromatic carbocycles. The van der Waals surface area contributed by atoms with Crippen LogP contribution in [0.5, 0.6) is 0 Å². The number of fused-ring (bicyclic) bond motifs is 3. The van der Waals surface area contributed by atoms with Crippen LogP contribution in [-0.2, 0) is 17.9 Å². The number of nitrogens with zero attached hydrogens (tertiary/aromatic N) is 3. The van der Waals surface area contributed by atoms with Gasteiger partial charge in [-0.15, -0.1) is 0 Å². The minimum atomic E-state index is -0.390. The molecule has 0 radical (unpaired) electrons. The van der Waals surface area contributed by atoms with Gasteiger partial charge in [-0.1, -0.05) is 6.07 Å². The van der Waals surface area contributed by atoms with Gasteiger partial charge in [0.25, 0.3) is 5.56 Å². The third kappa shape index (κ3) is 3.41. The third-order valence-electron chi connectivity index (χ3n) is 4.31. The number of H-pyrrole nitrogens is 1. The number of aryl methyl sites for hydroxylation is 1. The summed E-state index contributed by atoms with van der Waals surface area (Å²) in [7, 11) is 0. The minimum Gasteiger partial charge on any atom is -0.350 e. The molecule has 0 bridgehead atoms. The van der Waals surface area contributed by atoms with Gasteiger partial charge < -0.3 is 10.3 Å². The lowest BCUT2D eigenvalue weighted by Gasteiger charge is -2.06. The highest BCUT2D eigenvalue weighted by atomic mass is 19.1. The Bertz CT molecular complexity index is 1180. The topological polar surface area (TPSA) is 92.7 Å². The SMILES string of the molecule is O=C(CCn1cnc2c([nH]c3ccc(F)cc32)c1=O)NCc1ccccn1. The van der Waals surface area contributed by atoms with Crippen LogP contribution in [0.25, 0.3) is 21.9 Å². The highest BCUT2D eigenvalue weighted by Crippen LogP contribution is 2.22. The van der Waals surface area contributed by atoms with E-state index in [4.69, 9.17) is 0 Å². The van der Waals surface area contributed by atoms with Crippen molar-refractivity contribution in [2.75, 3.05) is 0 Å². The highest BCUT2D eigenvalue weighted by molar-refractivity contribution is 6.04. The van der Waals surface area contributed by atoms with Crippen molar-refractivity contribution in [2.45, 2.75) is 19.5 Å². The summed E-state index contributed by atoms with van der Waals surface area (Å²) in [6, 6.07) is 9.71. The van der Waals surface area contributed by atoms with E-state index in [1.165, 1.54) is 23.0 Å². The summed E-state index contributed by atoms with van der Waals surface area (Å²) in [5, 5.41) is 3.32. The first kappa shape index (κ1) is 16.9. The van der Waals surface area contributed by atoms with E-state index in [9.17, 15) is 14.0 Å². The van der Waals surface area contributed by atoms with E-state index in [2.05, 4.69) is 20.3 Å². The molecule has 7 nitrogen and oxygen atoms in total. The van der Waals surface area contributed by atoms with Crippen molar-refractivity contribution in [1.29, 1.82) is 0 Å². The zero-order valence-electron chi connectivity index (χ0n) is 14.3. The van der Waals surface area contributed by atoms with Crippen molar-refractivity contribution in [3.63, 3.8) is 0 Å². The molecule has 2 N–H and O–H groups in total. The first-order chi connectivity index (χ1) is 13.1. The second kappa shape index (κ2) is 6.99. The lowest BCUT2D eigenvalue weighted by molar-refractivity contribution is -0.121. The fraction of sp³-hybridized carbons (Fsp3) is 0.158. The summed E-state index contributed by atoms with van der Waals surface area (Å²) in [5.41, 5.74) is 1.82. The molecule has 4 aromatic rings. The predicted molar refractivity (Wildman–Crippen MR) is 98.5 cm³/mol. The Balaban J connectivity index is 1.49. The van der Waals surface area contributed by atoms with Gasteiger partial charge in [-0.3, -0.25) is 19.1 Å². The maximum absolute atomic E-state index is 13.5. The number of carbonyl (C=O) groups excluding carboxylic acids is 1. The summed E-state index contributed by atoms with van der Waals surface area (Å²) in [4.78, 5) is 36.0. The van der Waals surface area contributed by atoms with Crippen LogP contribution in [-0.4, -0.2) is 25.4 Å². The fourth-order valence-corrected chi connectivity index (χ4v) is 2.92. The molecule has 0 saturated heterocycles. The third-order valence-corrected chi connectivity index (χ3v) is 4.31. The number of rotatable bonds is 5. The fourth-order valence-electron chi connectivity index (χ4n) is 2.92. The van der Waals surface area contributed by atoms with Crippen molar-refractivity contribution in [2.24, 2.45) is 0 Å². The molecule has 27 heavy (non-hydrogen) atoms. The molecule has 3 aromatic heterocycles. The highest BCUT2D eigenvalue weighted by Gasteiger charge is 2.12. The van der Waals surface area contributed by atoms with E-state index < -0.39 is 0 Å². The molecule has 136 valence electrons. The van der Waals surface area contributed by atoms with E-state index >= 15 is 0 Å². The van der Waals surface area contributed by atoms with Gasteiger partial charge in [0, 0.05) is 30.1 Å². The number of aromatic amines is 1. The average Bonchev–Trinajstić information content (AvgIpc) is 3.05. The van der Waals surface area contributed by atoms with Crippen molar-refractivity contribution < 1.29 is 9.18 Å². The summed E-state index contributed by atoms with van der Waals surface area (Å²) in [6.07, 6.45) is 3.18. The lowest BCUT2D eigenvalue weighted by Crippen LogP contribution is -2.27. The smallest absolute Gasteiger partial charge is 0.277 e. The zero-order valence-corrected chi connectivity index (χ0v) is 14.3. The molecule has 0 aliphatic carbocycles. The normalized spacial score (nSPS) is 11.1. The van der Waals surface area contributed by atoms with Gasteiger partial charge in [-0.2, -0.15) is 0 Å². The van der Waals surface area contributed by atoms with Crippen LogP contribution in [0.4, 0.5) is 4.39 Å². The van der Waals surface area contributed by atoms with Gasteiger partial charge in [-0.25, -0.2) is 9.37 Å². The number of hydrogen-bond acceptors (Lipinski definition) is 4. The van der Waals surface area contributed by atoms with Crippen LogP contribution >= 0.6 is 0 Å². The van der Waals surface area contributed by atoms with E-state index in [-0.39, 0.29) is 30.2 Å². The summed E-state index contributed by atoms with van der Waals surface area (Å²) in [6.45, 7) is 0.527. The van der Waals surface area contributed by atoms with E-state index in [1.807, 2.05) is 12.1 Å². The number of halogens is 1. The number of pyridine rings is 1. The van der Waals surface area contributed by atoms with Gasteiger partial charge in [0.2, 0.25) is 5.91 Å². The second-order valence-electron chi connectivity index (χ2n) is 6.13. The maximum atomic E-state index is 13.5. The summed E-state index contributed by atoms with van der Waals surface area (Å²) < 4.78 is 14.8. The molecule has 8 heteroatoms. The summed E-state index contributed by atoms with van der Waals surface area (Å²) in [5.74, 6) is -0.578. The quantitative estimate of drug-likeness (QED) is 0.567. The first-order valence-electron chi connectivity index (χ1n) is 8.45. The Labute approximate surface area is 152 Å². The molecular formula is C19H16FN5O2. The van der Waals surface area contributed by atoms with Gasteiger partial charge >= 0.3 is 0 Å². The van der Waals surface area contributed by atoms with Crippen LogP contribution in [0.15, 0.2) is 53.7 Å². The van der Waals surface area contributed by atoms with Crippen LogP contribution in [0, 0.1) is 5.82 Å². The number of nitrogens with one attached hydrogen (secondary N) is 2. The van der Waals surface area contributed by atoms with Crippen LogP contribution in [0.3, 0.4) is 0 Å². The molecule has 0 aliphatic rings. The molecule has 1 amide bonds. The molecule has 0 spiro atoms. The molecular weight excluding hydrogens is 349 g/mol. The Hall–Kier alpha value is -3.55. The largest absolute Gasteiger partial charge is 0.350 e. The average molecular weight is 365 g/mol. The van der Waals surface area contributed by atoms with E-state index in [0.717, 1.165) is 5.69 Å². The molecule has 4 rings (SSSR count). The number of carbonyl (C=O) groups is 1. The second-order valence-corrected chi connectivity index (χ2v) is 6.13. The summed E-state index contributed by atoms with van der Waals surface area (Å²) >= 11 is 0. The number of hydrogen-bond donors (Lipinski definition) is 2.